The molecule has 0 fully saturated rings. The number of benzene rings is 1. The summed E-state index contributed by atoms with van der Waals surface area (Å²) >= 11 is 0. The number of aromatic carboxylic acids is 1. The number of para-hydroxylation sites is 1. The second kappa shape index (κ2) is 5.71. The highest BCUT2D eigenvalue weighted by atomic mass is 16.4. The monoisotopic (exact) mass is 259 g/mol. The van der Waals surface area contributed by atoms with Crippen LogP contribution in [0.5, 0.6) is 0 Å². The summed E-state index contributed by atoms with van der Waals surface area (Å²) in [5, 5.41) is 13.3. The van der Waals surface area contributed by atoms with Gasteiger partial charge in [-0.15, -0.1) is 6.58 Å². The maximum absolute atomic E-state index is 11.2. The molecule has 100 valence electrons. The van der Waals surface area contributed by atoms with E-state index in [-0.39, 0.29) is 11.8 Å². The predicted molar refractivity (Wildman–Crippen MR) is 74.3 cm³/mol. The SMILES string of the molecule is C=CCC(C)NCc1c(C(=O)O)oc2ccccc12. The summed E-state index contributed by atoms with van der Waals surface area (Å²) in [7, 11) is 0. The van der Waals surface area contributed by atoms with Crippen LogP contribution in [0.15, 0.2) is 41.3 Å². The molecule has 4 heteroatoms. The van der Waals surface area contributed by atoms with Crippen LogP contribution in [0.1, 0.15) is 29.5 Å². The van der Waals surface area contributed by atoms with Gasteiger partial charge in [-0.05, 0) is 19.4 Å². The fraction of sp³-hybridized carbons (Fsp3) is 0.267. The largest absolute Gasteiger partial charge is 0.475 e. The molecule has 0 saturated carbocycles. The molecular weight excluding hydrogens is 242 g/mol. The normalized spacial score (nSPS) is 12.5. The molecule has 0 aliphatic carbocycles. The van der Waals surface area contributed by atoms with Gasteiger partial charge in [-0.2, -0.15) is 0 Å². The molecule has 0 aliphatic heterocycles. The van der Waals surface area contributed by atoms with Gasteiger partial charge in [0.25, 0.3) is 0 Å². The molecule has 2 rings (SSSR count). The van der Waals surface area contributed by atoms with Gasteiger partial charge < -0.3 is 14.8 Å². The van der Waals surface area contributed by atoms with Gasteiger partial charge in [-0.25, -0.2) is 4.79 Å². The number of hydrogen-bond acceptors (Lipinski definition) is 3. The molecule has 1 atom stereocenters. The molecule has 2 N–H and O–H groups in total. The molecule has 4 nitrogen and oxygen atoms in total. The number of nitrogens with one attached hydrogen (secondary N) is 1. The standard InChI is InChI=1S/C15H17NO3/c1-3-6-10(2)16-9-12-11-7-4-5-8-13(11)19-14(12)15(17)18/h3-5,7-8,10,16H,1,6,9H2,2H3,(H,17,18). The van der Waals surface area contributed by atoms with Gasteiger partial charge in [0, 0.05) is 23.5 Å². The van der Waals surface area contributed by atoms with Crippen LogP contribution in [0.4, 0.5) is 0 Å². The third kappa shape index (κ3) is 2.85. The highest BCUT2D eigenvalue weighted by Crippen LogP contribution is 2.25. The summed E-state index contributed by atoms with van der Waals surface area (Å²) in [5.74, 6) is -1.02. The fourth-order valence-electron chi connectivity index (χ4n) is 2.06. The fourth-order valence-corrected chi connectivity index (χ4v) is 2.06. The van der Waals surface area contributed by atoms with E-state index in [1.807, 2.05) is 31.2 Å². The van der Waals surface area contributed by atoms with E-state index < -0.39 is 5.97 Å². The first-order valence-electron chi connectivity index (χ1n) is 6.21. The average molecular weight is 259 g/mol. The van der Waals surface area contributed by atoms with Crippen LogP contribution in [0.25, 0.3) is 11.0 Å². The molecule has 0 amide bonds. The van der Waals surface area contributed by atoms with E-state index >= 15 is 0 Å². The van der Waals surface area contributed by atoms with E-state index in [4.69, 9.17) is 4.42 Å². The average Bonchev–Trinajstić information content (AvgIpc) is 2.75. The summed E-state index contributed by atoms with van der Waals surface area (Å²) in [4.78, 5) is 11.2. The number of carbonyl (C=O) groups is 1. The van der Waals surface area contributed by atoms with Gasteiger partial charge in [0.1, 0.15) is 5.58 Å². The molecule has 2 aromatic rings. The Morgan fingerprint density at radius 1 is 1.53 bits per heavy atom. The molecule has 19 heavy (non-hydrogen) atoms. The number of carboxylic acids is 1. The van der Waals surface area contributed by atoms with E-state index in [9.17, 15) is 9.90 Å². The Kier molecular flexibility index (Phi) is 4.02. The molecule has 1 unspecified atom stereocenters. The molecule has 0 radical (unpaired) electrons. The van der Waals surface area contributed by atoms with Crippen molar-refractivity contribution in [2.24, 2.45) is 0 Å². The van der Waals surface area contributed by atoms with Crippen LogP contribution < -0.4 is 5.32 Å². The summed E-state index contributed by atoms with van der Waals surface area (Å²) < 4.78 is 5.39. The Labute approximate surface area is 111 Å². The maximum atomic E-state index is 11.2. The van der Waals surface area contributed by atoms with Gasteiger partial charge in [0.15, 0.2) is 0 Å². The second-order valence-corrected chi connectivity index (χ2v) is 4.52. The molecular formula is C15H17NO3. The highest BCUT2D eigenvalue weighted by molar-refractivity contribution is 5.95. The summed E-state index contributed by atoms with van der Waals surface area (Å²) in [6.45, 7) is 6.19. The van der Waals surface area contributed by atoms with Crippen LogP contribution in [0.3, 0.4) is 0 Å². The van der Waals surface area contributed by atoms with Gasteiger partial charge in [-0.3, -0.25) is 0 Å². The smallest absolute Gasteiger partial charge is 0.372 e. The Morgan fingerprint density at radius 3 is 2.95 bits per heavy atom. The van der Waals surface area contributed by atoms with Crippen molar-refractivity contribution in [2.75, 3.05) is 0 Å². The van der Waals surface area contributed by atoms with Gasteiger partial charge in [0.2, 0.25) is 5.76 Å². The summed E-state index contributed by atoms with van der Waals surface area (Å²) in [6, 6.07) is 7.60. The summed E-state index contributed by atoms with van der Waals surface area (Å²) in [6.07, 6.45) is 2.67. The van der Waals surface area contributed by atoms with Crippen LogP contribution in [0, 0.1) is 0 Å². The van der Waals surface area contributed by atoms with E-state index in [2.05, 4.69) is 11.9 Å². The topological polar surface area (TPSA) is 62.5 Å². The Balaban J connectivity index is 2.31. The first-order valence-corrected chi connectivity index (χ1v) is 6.21. The number of furan rings is 1. The van der Waals surface area contributed by atoms with E-state index in [1.165, 1.54) is 0 Å². The Hall–Kier alpha value is -2.07. The Bertz CT molecular complexity index is 600. The molecule has 1 aromatic heterocycles. The van der Waals surface area contributed by atoms with Crippen molar-refractivity contribution in [3.05, 3.63) is 48.2 Å². The van der Waals surface area contributed by atoms with Gasteiger partial charge >= 0.3 is 5.97 Å². The zero-order valence-electron chi connectivity index (χ0n) is 10.8. The molecule has 1 heterocycles. The number of hydrogen-bond donors (Lipinski definition) is 2. The second-order valence-electron chi connectivity index (χ2n) is 4.52. The quantitative estimate of drug-likeness (QED) is 0.782. The van der Waals surface area contributed by atoms with Crippen molar-refractivity contribution in [2.45, 2.75) is 25.9 Å². The minimum absolute atomic E-state index is 0.0134. The zero-order valence-corrected chi connectivity index (χ0v) is 10.8. The molecule has 0 bridgehead atoms. The first kappa shape index (κ1) is 13.4. The van der Waals surface area contributed by atoms with Crippen molar-refractivity contribution in [3.63, 3.8) is 0 Å². The lowest BCUT2D eigenvalue weighted by Crippen LogP contribution is -2.25. The van der Waals surface area contributed by atoms with Crippen LogP contribution >= 0.6 is 0 Å². The number of carboxylic acid groups (broad SMARTS) is 1. The lowest BCUT2D eigenvalue weighted by atomic mass is 10.1. The third-order valence-electron chi connectivity index (χ3n) is 3.04. The molecule has 0 saturated heterocycles. The van der Waals surface area contributed by atoms with Gasteiger partial charge in [-0.1, -0.05) is 24.3 Å². The molecule has 0 spiro atoms. The van der Waals surface area contributed by atoms with Crippen molar-refractivity contribution in [1.82, 2.24) is 5.32 Å². The van der Waals surface area contributed by atoms with Crippen molar-refractivity contribution in [3.8, 4) is 0 Å². The van der Waals surface area contributed by atoms with Crippen LogP contribution in [-0.4, -0.2) is 17.1 Å². The lowest BCUT2D eigenvalue weighted by molar-refractivity contribution is 0.0663. The van der Waals surface area contributed by atoms with Crippen LogP contribution in [0.2, 0.25) is 0 Å². The summed E-state index contributed by atoms with van der Waals surface area (Å²) in [5.41, 5.74) is 1.30. The van der Waals surface area contributed by atoms with E-state index in [0.717, 1.165) is 11.8 Å². The first-order chi connectivity index (χ1) is 9.13. The zero-order chi connectivity index (χ0) is 13.8. The lowest BCUT2D eigenvalue weighted by Gasteiger charge is -2.11. The van der Waals surface area contributed by atoms with Crippen LogP contribution in [-0.2, 0) is 6.54 Å². The predicted octanol–water partition coefficient (Wildman–Crippen LogP) is 3.19. The maximum Gasteiger partial charge on any atom is 0.372 e. The van der Waals surface area contributed by atoms with E-state index in [0.29, 0.717) is 17.7 Å². The minimum Gasteiger partial charge on any atom is -0.475 e. The molecule has 0 aliphatic rings. The van der Waals surface area contributed by atoms with E-state index in [1.54, 1.807) is 6.07 Å². The van der Waals surface area contributed by atoms with Gasteiger partial charge in [0.05, 0.1) is 0 Å². The number of rotatable bonds is 6. The minimum atomic E-state index is -1.04. The van der Waals surface area contributed by atoms with Crippen molar-refractivity contribution in [1.29, 1.82) is 0 Å². The molecule has 1 aromatic carbocycles. The Morgan fingerprint density at radius 2 is 2.26 bits per heavy atom. The van der Waals surface area contributed by atoms with Crippen molar-refractivity contribution >= 4 is 16.9 Å². The third-order valence-corrected chi connectivity index (χ3v) is 3.04. The number of fused-ring (bicyclic) bond motifs is 1. The van der Waals surface area contributed by atoms with Crippen molar-refractivity contribution < 1.29 is 14.3 Å². The highest BCUT2D eigenvalue weighted by Gasteiger charge is 2.19.